The van der Waals surface area contributed by atoms with Crippen LogP contribution in [-0.4, -0.2) is 0 Å². The molecule has 2 heteroatoms. The molecular formula is C7H14Cl2. The van der Waals surface area contributed by atoms with Gasteiger partial charge in [0.05, 0.1) is 0 Å². The summed E-state index contributed by atoms with van der Waals surface area (Å²) in [4.78, 5) is 0. The van der Waals surface area contributed by atoms with Crippen LogP contribution in [0.2, 0.25) is 0 Å². The minimum Gasteiger partial charge on any atom is -0.0946 e. The zero-order valence-corrected chi connectivity index (χ0v) is 7.60. The summed E-state index contributed by atoms with van der Waals surface area (Å²) in [7, 11) is 0. The number of hydrogen-bond acceptors (Lipinski definition) is 0. The van der Waals surface area contributed by atoms with E-state index in [-0.39, 0.29) is 0 Å². The van der Waals surface area contributed by atoms with Gasteiger partial charge in [-0.1, -0.05) is 62.7 Å². The topological polar surface area (TPSA) is 0 Å². The van der Waals surface area contributed by atoms with Gasteiger partial charge in [-0.3, -0.25) is 0 Å². The Kier molecular flexibility index (Phi) is 21.6. The molecule has 0 aliphatic carbocycles. The van der Waals surface area contributed by atoms with Crippen LogP contribution in [0.4, 0.5) is 0 Å². The second-order valence-electron chi connectivity index (χ2n) is 1.78. The van der Waals surface area contributed by atoms with E-state index in [0.29, 0.717) is 0 Å². The Bertz CT molecular complexity index is 26.1. The zero-order chi connectivity index (χ0) is 7.54. The second-order valence-corrected chi connectivity index (χ2v) is 2.35. The maximum Gasteiger partial charge on any atom is 0.189 e. The molecule has 0 aromatic carbocycles. The molecule has 56 valence electrons. The molecule has 0 amide bonds. The van der Waals surface area contributed by atoms with Crippen molar-refractivity contribution < 1.29 is 0 Å². The SMILES string of the molecule is CCCCCC.Cl[C]Cl. The standard InChI is InChI=1S/C6H14.CCl2/c1-3-5-6-4-2;2-1-3/h3-6H2,1-2H3;. The highest BCUT2D eigenvalue weighted by atomic mass is 35.5. The summed E-state index contributed by atoms with van der Waals surface area (Å²) < 4.78 is 0. The Hall–Kier alpha value is 0.580. The third-order valence-corrected chi connectivity index (χ3v) is 0.957. The predicted molar refractivity (Wildman–Crippen MR) is 44.8 cm³/mol. The predicted octanol–water partition coefficient (Wildman–Crippen LogP) is 4.05. The molecule has 0 N–H and O–H groups in total. The van der Waals surface area contributed by atoms with E-state index in [1.807, 2.05) is 0 Å². The first-order valence-corrected chi connectivity index (χ1v) is 4.05. The van der Waals surface area contributed by atoms with E-state index in [1.165, 1.54) is 25.7 Å². The van der Waals surface area contributed by atoms with Crippen LogP contribution in [0.1, 0.15) is 39.5 Å². The highest BCUT2D eigenvalue weighted by Crippen LogP contribution is 1.95. The highest BCUT2D eigenvalue weighted by molar-refractivity contribution is 6.47. The van der Waals surface area contributed by atoms with Gasteiger partial charge in [0.15, 0.2) is 5.34 Å². The third-order valence-electron chi connectivity index (χ3n) is 0.957. The maximum atomic E-state index is 4.51. The smallest absolute Gasteiger partial charge is 0.0946 e. The fourth-order valence-corrected chi connectivity index (χ4v) is 0.500. The summed E-state index contributed by atoms with van der Waals surface area (Å²) in [5.41, 5.74) is 0. The van der Waals surface area contributed by atoms with E-state index >= 15 is 0 Å². The van der Waals surface area contributed by atoms with Gasteiger partial charge in [0.1, 0.15) is 0 Å². The first-order valence-electron chi connectivity index (χ1n) is 3.29. The zero-order valence-electron chi connectivity index (χ0n) is 6.08. The van der Waals surface area contributed by atoms with Gasteiger partial charge in [0.2, 0.25) is 0 Å². The lowest BCUT2D eigenvalue weighted by Gasteiger charge is -1.86. The molecule has 0 aromatic rings. The molecule has 0 unspecified atom stereocenters. The van der Waals surface area contributed by atoms with E-state index in [2.05, 4.69) is 37.0 Å². The van der Waals surface area contributed by atoms with Gasteiger partial charge in [-0.05, 0) is 0 Å². The van der Waals surface area contributed by atoms with Crippen molar-refractivity contribution in [1.29, 1.82) is 0 Å². The average molecular weight is 169 g/mol. The van der Waals surface area contributed by atoms with Gasteiger partial charge in [0, 0.05) is 0 Å². The van der Waals surface area contributed by atoms with Crippen LogP contribution in [0.25, 0.3) is 0 Å². The molecule has 0 heterocycles. The molecule has 0 fully saturated rings. The molecule has 2 radical (unpaired) electrons. The summed E-state index contributed by atoms with van der Waals surface area (Å²) in [5.74, 6) is 0. The number of unbranched alkanes of at least 4 members (excludes halogenated alkanes) is 3. The number of hydrogen-bond donors (Lipinski definition) is 0. The highest BCUT2D eigenvalue weighted by Gasteiger charge is 1.75. The van der Waals surface area contributed by atoms with Gasteiger partial charge in [-0.2, -0.15) is 0 Å². The van der Waals surface area contributed by atoms with Crippen molar-refractivity contribution in [1.82, 2.24) is 0 Å². The van der Waals surface area contributed by atoms with E-state index in [9.17, 15) is 0 Å². The fraction of sp³-hybridized carbons (Fsp3) is 0.857. The Balaban J connectivity index is 0. The van der Waals surface area contributed by atoms with Crippen molar-refractivity contribution in [2.24, 2.45) is 0 Å². The minimum absolute atomic E-state index is 1.36. The normalized spacial score (nSPS) is 8.00. The van der Waals surface area contributed by atoms with Crippen LogP contribution in [0.15, 0.2) is 0 Å². The van der Waals surface area contributed by atoms with Crippen molar-refractivity contribution in [2.45, 2.75) is 39.5 Å². The van der Waals surface area contributed by atoms with Gasteiger partial charge in [-0.15, -0.1) is 0 Å². The van der Waals surface area contributed by atoms with Crippen LogP contribution >= 0.6 is 23.2 Å². The lowest BCUT2D eigenvalue weighted by atomic mass is 10.2. The molecule has 0 atom stereocenters. The van der Waals surface area contributed by atoms with E-state index in [1.54, 1.807) is 5.34 Å². The monoisotopic (exact) mass is 168 g/mol. The molecule has 0 aromatic heterocycles. The summed E-state index contributed by atoms with van der Waals surface area (Å²) in [6, 6.07) is 0. The molecule has 9 heavy (non-hydrogen) atoms. The number of halogens is 2. The summed E-state index contributed by atoms with van der Waals surface area (Å²) in [6.07, 6.45) is 5.54. The van der Waals surface area contributed by atoms with Crippen LogP contribution < -0.4 is 0 Å². The first kappa shape index (κ1) is 12.3. The molecule has 0 nitrogen and oxygen atoms in total. The summed E-state index contributed by atoms with van der Waals surface area (Å²) in [5, 5.41) is 1.69. The second kappa shape index (κ2) is 15.8. The molecule has 0 rings (SSSR count). The molecule has 0 spiro atoms. The molecular weight excluding hydrogens is 155 g/mol. The lowest BCUT2D eigenvalue weighted by molar-refractivity contribution is 0.702. The first-order chi connectivity index (χ1) is 4.33. The molecule has 0 aliphatic heterocycles. The molecule has 0 bridgehead atoms. The van der Waals surface area contributed by atoms with Gasteiger partial charge in [0.25, 0.3) is 0 Å². The van der Waals surface area contributed by atoms with Crippen molar-refractivity contribution in [3.05, 3.63) is 5.34 Å². The van der Waals surface area contributed by atoms with Crippen molar-refractivity contribution >= 4 is 23.2 Å². The minimum atomic E-state index is 1.36. The third kappa shape index (κ3) is 29.0. The van der Waals surface area contributed by atoms with E-state index < -0.39 is 0 Å². The van der Waals surface area contributed by atoms with Gasteiger partial charge < -0.3 is 0 Å². The summed E-state index contributed by atoms with van der Waals surface area (Å²) in [6.45, 7) is 4.46. The van der Waals surface area contributed by atoms with Crippen LogP contribution in [0, 0.1) is 5.34 Å². The van der Waals surface area contributed by atoms with Crippen LogP contribution in [0.3, 0.4) is 0 Å². The van der Waals surface area contributed by atoms with Crippen molar-refractivity contribution in [3.8, 4) is 0 Å². The van der Waals surface area contributed by atoms with E-state index in [4.69, 9.17) is 0 Å². The van der Waals surface area contributed by atoms with Crippen LogP contribution in [0.5, 0.6) is 0 Å². The van der Waals surface area contributed by atoms with Crippen LogP contribution in [-0.2, 0) is 0 Å². The van der Waals surface area contributed by atoms with Gasteiger partial charge >= 0.3 is 0 Å². The van der Waals surface area contributed by atoms with Crippen molar-refractivity contribution in [2.75, 3.05) is 0 Å². The quantitative estimate of drug-likeness (QED) is 0.559. The largest absolute Gasteiger partial charge is 0.189 e. The Morgan fingerprint density at radius 3 is 1.33 bits per heavy atom. The molecule has 0 aliphatic rings. The Morgan fingerprint density at radius 1 is 1.00 bits per heavy atom. The maximum absolute atomic E-state index is 4.51. The Labute approximate surface area is 68.5 Å². The Morgan fingerprint density at radius 2 is 1.22 bits per heavy atom. The lowest BCUT2D eigenvalue weighted by Crippen LogP contribution is -1.66. The van der Waals surface area contributed by atoms with Gasteiger partial charge in [-0.25, -0.2) is 0 Å². The summed E-state index contributed by atoms with van der Waals surface area (Å²) >= 11 is 9.03. The molecule has 0 saturated heterocycles. The van der Waals surface area contributed by atoms with Crippen molar-refractivity contribution in [3.63, 3.8) is 0 Å². The number of rotatable bonds is 3. The molecule has 0 saturated carbocycles. The fourth-order valence-electron chi connectivity index (χ4n) is 0.500. The average Bonchev–Trinajstić information content (AvgIpc) is 1.86. The van der Waals surface area contributed by atoms with E-state index in [0.717, 1.165) is 0 Å².